The zero-order valence-corrected chi connectivity index (χ0v) is 10.6. The van der Waals surface area contributed by atoms with Gasteiger partial charge in [0.2, 0.25) is 0 Å². The van der Waals surface area contributed by atoms with E-state index in [2.05, 4.69) is 27.7 Å². The maximum atomic E-state index is 9.62. The SMILES string of the molecule is CB(O)N1CCN(Cc2cccnc2)C[C@H]1C. The maximum Gasteiger partial charge on any atom is 0.376 e. The van der Waals surface area contributed by atoms with E-state index < -0.39 is 0 Å². The highest BCUT2D eigenvalue weighted by Crippen LogP contribution is 2.13. The number of nitrogens with zero attached hydrogens (tertiary/aromatic N) is 3. The van der Waals surface area contributed by atoms with E-state index in [0.29, 0.717) is 6.04 Å². The first kappa shape index (κ1) is 12.5. The van der Waals surface area contributed by atoms with Crippen molar-refractivity contribution < 1.29 is 5.02 Å². The standard InChI is InChI=1S/C12H20BN3O/c1-11-9-15(6-7-16(11)13(2)17)10-12-4-3-5-14-8-12/h3-5,8,11,17H,6-7,9-10H2,1-2H3/t11-/m1/s1. The summed E-state index contributed by atoms with van der Waals surface area (Å²) in [7, 11) is -0.342. The molecule has 0 amide bonds. The Labute approximate surface area is 103 Å². The van der Waals surface area contributed by atoms with E-state index in [1.807, 2.05) is 19.1 Å². The predicted molar refractivity (Wildman–Crippen MR) is 69.5 cm³/mol. The first-order valence-electron chi connectivity index (χ1n) is 6.22. The molecule has 1 aromatic rings. The fraction of sp³-hybridized carbons (Fsp3) is 0.583. The van der Waals surface area contributed by atoms with Crippen LogP contribution in [-0.4, -0.2) is 52.4 Å². The molecule has 0 bridgehead atoms. The molecule has 1 aliphatic heterocycles. The van der Waals surface area contributed by atoms with Crippen LogP contribution in [0.1, 0.15) is 12.5 Å². The Kier molecular flexibility index (Phi) is 4.15. The molecule has 1 aliphatic rings. The van der Waals surface area contributed by atoms with Gasteiger partial charge in [-0.25, -0.2) is 0 Å². The van der Waals surface area contributed by atoms with Crippen molar-refractivity contribution in [1.82, 2.24) is 14.7 Å². The molecule has 17 heavy (non-hydrogen) atoms. The largest absolute Gasteiger partial charge is 0.437 e. The van der Waals surface area contributed by atoms with E-state index in [9.17, 15) is 5.02 Å². The lowest BCUT2D eigenvalue weighted by atomic mass is 9.82. The number of piperazine rings is 1. The molecule has 5 heteroatoms. The summed E-state index contributed by atoms with van der Waals surface area (Å²) in [5.41, 5.74) is 1.25. The Hall–Kier alpha value is -0.905. The van der Waals surface area contributed by atoms with Gasteiger partial charge in [0.25, 0.3) is 0 Å². The Bertz CT molecular complexity index is 347. The van der Waals surface area contributed by atoms with Gasteiger partial charge in [-0.3, -0.25) is 9.88 Å². The topological polar surface area (TPSA) is 39.6 Å². The van der Waals surface area contributed by atoms with Crippen molar-refractivity contribution in [2.75, 3.05) is 19.6 Å². The second-order valence-corrected chi connectivity index (χ2v) is 4.82. The Morgan fingerprint density at radius 3 is 2.94 bits per heavy atom. The summed E-state index contributed by atoms with van der Waals surface area (Å²) in [5.74, 6) is 0. The van der Waals surface area contributed by atoms with Gasteiger partial charge in [-0.05, 0) is 25.4 Å². The molecular formula is C12H20BN3O. The van der Waals surface area contributed by atoms with Crippen LogP contribution in [0.3, 0.4) is 0 Å². The lowest BCUT2D eigenvalue weighted by Crippen LogP contribution is -2.56. The van der Waals surface area contributed by atoms with Gasteiger partial charge in [-0.1, -0.05) is 6.07 Å². The zero-order valence-electron chi connectivity index (χ0n) is 10.6. The maximum absolute atomic E-state index is 9.62. The van der Waals surface area contributed by atoms with Crippen LogP contribution >= 0.6 is 0 Å². The van der Waals surface area contributed by atoms with Crippen LogP contribution in [0.2, 0.25) is 6.82 Å². The molecule has 1 N–H and O–H groups in total. The van der Waals surface area contributed by atoms with E-state index >= 15 is 0 Å². The monoisotopic (exact) mass is 233 g/mol. The second-order valence-electron chi connectivity index (χ2n) is 4.82. The third kappa shape index (κ3) is 3.28. The van der Waals surface area contributed by atoms with Crippen molar-refractivity contribution in [3.05, 3.63) is 30.1 Å². The van der Waals surface area contributed by atoms with Crippen LogP contribution in [-0.2, 0) is 6.54 Å². The van der Waals surface area contributed by atoms with Gasteiger partial charge < -0.3 is 9.83 Å². The summed E-state index contributed by atoms with van der Waals surface area (Å²) in [4.78, 5) is 8.69. The lowest BCUT2D eigenvalue weighted by Gasteiger charge is -2.40. The van der Waals surface area contributed by atoms with Crippen molar-refractivity contribution in [3.63, 3.8) is 0 Å². The van der Waals surface area contributed by atoms with E-state index in [-0.39, 0.29) is 7.05 Å². The minimum atomic E-state index is -0.342. The fourth-order valence-electron chi connectivity index (χ4n) is 2.50. The Morgan fingerprint density at radius 1 is 1.53 bits per heavy atom. The van der Waals surface area contributed by atoms with Gasteiger partial charge in [-0.2, -0.15) is 0 Å². The molecule has 1 saturated heterocycles. The predicted octanol–water partition coefficient (Wildman–Crippen LogP) is 0.698. The van der Waals surface area contributed by atoms with E-state index in [0.717, 1.165) is 26.2 Å². The highest BCUT2D eigenvalue weighted by atomic mass is 16.2. The van der Waals surface area contributed by atoms with Crippen molar-refractivity contribution in [2.24, 2.45) is 0 Å². The smallest absolute Gasteiger partial charge is 0.376 e. The minimum absolute atomic E-state index is 0.342. The van der Waals surface area contributed by atoms with E-state index in [1.54, 1.807) is 6.20 Å². The molecule has 2 rings (SSSR count). The minimum Gasteiger partial charge on any atom is -0.437 e. The van der Waals surface area contributed by atoms with Crippen LogP contribution < -0.4 is 0 Å². The third-order valence-electron chi connectivity index (χ3n) is 3.37. The van der Waals surface area contributed by atoms with Crippen LogP contribution in [0.5, 0.6) is 0 Å². The van der Waals surface area contributed by atoms with Gasteiger partial charge in [0, 0.05) is 44.6 Å². The van der Waals surface area contributed by atoms with Crippen molar-refractivity contribution >= 4 is 7.05 Å². The molecule has 2 heterocycles. The average molecular weight is 233 g/mol. The van der Waals surface area contributed by atoms with Crippen molar-refractivity contribution in [1.29, 1.82) is 0 Å². The van der Waals surface area contributed by atoms with Crippen LogP contribution in [0.25, 0.3) is 0 Å². The molecule has 0 unspecified atom stereocenters. The van der Waals surface area contributed by atoms with Gasteiger partial charge in [0.15, 0.2) is 0 Å². The van der Waals surface area contributed by atoms with Gasteiger partial charge >= 0.3 is 7.05 Å². The Balaban J connectivity index is 1.90. The van der Waals surface area contributed by atoms with Gasteiger partial charge in [0.05, 0.1) is 0 Å². The molecule has 0 saturated carbocycles. The quantitative estimate of drug-likeness (QED) is 0.780. The molecule has 1 aromatic heterocycles. The van der Waals surface area contributed by atoms with Crippen LogP contribution in [0.4, 0.5) is 0 Å². The molecule has 92 valence electrons. The molecule has 1 fully saturated rings. The molecule has 0 aliphatic carbocycles. The zero-order chi connectivity index (χ0) is 12.3. The first-order chi connectivity index (χ1) is 8.16. The second kappa shape index (κ2) is 5.62. The number of aromatic nitrogens is 1. The number of hydrogen-bond donors (Lipinski definition) is 1. The van der Waals surface area contributed by atoms with Crippen LogP contribution in [0.15, 0.2) is 24.5 Å². The third-order valence-corrected chi connectivity index (χ3v) is 3.37. The van der Waals surface area contributed by atoms with E-state index in [4.69, 9.17) is 0 Å². The molecule has 1 atom stereocenters. The summed E-state index contributed by atoms with van der Waals surface area (Å²) in [6.07, 6.45) is 3.73. The summed E-state index contributed by atoms with van der Waals surface area (Å²) >= 11 is 0. The van der Waals surface area contributed by atoms with Crippen LogP contribution in [0, 0.1) is 0 Å². The molecule has 0 spiro atoms. The molecule has 0 radical (unpaired) electrons. The average Bonchev–Trinajstić information content (AvgIpc) is 2.30. The highest BCUT2D eigenvalue weighted by Gasteiger charge is 2.28. The Morgan fingerprint density at radius 2 is 2.35 bits per heavy atom. The fourth-order valence-corrected chi connectivity index (χ4v) is 2.50. The summed E-state index contributed by atoms with van der Waals surface area (Å²) in [5, 5.41) is 9.62. The normalized spacial score (nSPS) is 22.6. The molecule has 4 nitrogen and oxygen atoms in total. The summed E-state index contributed by atoms with van der Waals surface area (Å²) in [6, 6.07) is 4.49. The molecular weight excluding hydrogens is 213 g/mol. The van der Waals surface area contributed by atoms with Crippen molar-refractivity contribution in [2.45, 2.75) is 26.3 Å². The van der Waals surface area contributed by atoms with Crippen molar-refractivity contribution in [3.8, 4) is 0 Å². The number of pyridine rings is 1. The van der Waals surface area contributed by atoms with Gasteiger partial charge in [-0.15, -0.1) is 0 Å². The van der Waals surface area contributed by atoms with Gasteiger partial charge in [0.1, 0.15) is 0 Å². The first-order valence-corrected chi connectivity index (χ1v) is 6.22. The summed E-state index contributed by atoms with van der Waals surface area (Å²) < 4.78 is 0. The highest BCUT2D eigenvalue weighted by molar-refractivity contribution is 6.45. The lowest BCUT2D eigenvalue weighted by molar-refractivity contribution is 0.125. The number of hydrogen-bond acceptors (Lipinski definition) is 4. The molecule has 0 aromatic carbocycles. The summed E-state index contributed by atoms with van der Waals surface area (Å²) in [6.45, 7) is 7.89. The van der Waals surface area contributed by atoms with E-state index in [1.165, 1.54) is 5.56 Å². The number of rotatable bonds is 3.